The van der Waals surface area contributed by atoms with E-state index in [0.29, 0.717) is 5.82 Å². The minimum Gasteiger partial charge on any atom is -0.309 e. The van der Waals surface area contributed by atoms with Gasteiger partial charge in [-0.25, -0.2) is 15.0 Å². The van der Waals surface area contributed by atoms with Crippen LogP contribution in [0.15, 0.2) is 407 Å². The van der Waals surface area contributed by atoms with Gasteiger partial charge in [0.25, 0.3) is 0 Å². The van der Waals surface area contributed by atoms with E-state index in [2.05, 4.69) is 352 Å². The summed E-state index contributed by atoms with van der Waals surface area (Å²) in [5.41, 5.74) is 31.2. The zero-order valence-electron chi connectivity index (χ0n) is 60.7. The summed E-state index contributed by atoms with van der Waals surface area (Å²) < 4.78 is 9.41. The molecule has 0 saturated carbocycles. The van der Waals surface area contributed by atoms with Crippen molar-refractivity contribution in [1.29, 1.82) is 0 Å². The summed E-state index contributed by atoms with van der Waals surface area (Å²) in [4.78, 5) is 25.3. The Bertz CT molecular complexity index is 6790. The number of benzene rings is 14. The van der Waals surface area contributed by atoms with E-state index >= 15 is 0 Å². The molecule has 0 bridgehead atoms. The van der Waals surface area contributed by atoms with Gasteiger partial charge in [0, 0.05) is 95.3 Å². The highest BCUT2D eigenvalue weighted by molar-refractivity contribution is 6.19. The van der Waals surface area contributed by atoms with E-state index in [0.717, 1.165) is 139 Å². The molecule has 8 aromatic heterocycles. The number of rotatable bonds is 12. The molecule has 0 saturated heterocycles. The summed E-state index contributed by atoms with van der Waals surface area (Å²) in [6.07, 6.45) is 3.79. The summed E-state index contributed by atoms with van der Waals surface area (Å²) in [5.74, 6) is 0.677. The minimum atomic E-state index is 0.677. The van der Waals surface area contributed by atoms with Gasteiger partial charge in [0.15, 0.2) is 5.82 Å². The number of nitrogens with zero attached hydrogens (tertiary/aromatic N) is 9. The topological polar surface area (TPSA) is 84.2 Å². The molecule has 0 atom stereocenters. The van der Waals surface area contributed by atoms with E-state index in [1.807, 2.05) is 73.1 Å². The van der Waals surface area contributed by atoms with Gasteiger partial charge in [-0.15, -0.1) is 0 Å². The molecular formula is C103H67N9. The third-order valence-electron chi connectivity index (χ3n) is 21.7. The van der Waals surface area contributed by atoms with E-state index in [-0.39, 0.29) is 0 Å². The Morgan fingerprint density at radius 2 is 0.509 bits per heavy atom. The molecule has 9 heteroatoms. The molecule has 9 nitrogen and oxygen atoms in total. The maximum absolute atomic E-state index is 5.12. The summed E-state index contributed by atoms with van der Waals surface area (Å²) in [6, 6.07) is 139. The maximum atomic E-state index is 5.12. The van der Waals surface area contributed by atoms with Crippen molar-refractivity contribution in [2.45, 2.75) is 0 Å². The van der Waals surface area contributed by atoms with E-state index in [1.165, 1.54) is 54.7 Å². The van der Waals surface area contributed by atoms with Crippen molar-refractivity contribution in [2.75, 3.05) is 0 Å². The van der Waals surface area contributed by atoms with Gasteiger partial charge in [-0.05, 0) is 173 Å². The summed E-state index contributed by atoms with van der Waals surface area (Å²) in [7, 11) is 0. The number of aromatic nitrogens is 9. The van der Waals surface area contributed by atoms with Gasteiger partial charge in [0.1, 0.15) is 0 Å². The number of para-hydroxylation sites is 4. The first-order chi connectivity index (χ1) is 55.6. The molecule has 0 aliphatic heterocycles. The SMILES string of the molecule is c1ccc(-c2cc(-c3cccc(-n4c5ccc(-c6cccc7c6c6ccccc6n7-c6ccccc6)cc5c5ncccc54)c3)cc(-c3ccccc3)n2)cc1.c1ccc(-c2cc(-c3ccccc3)nc(-c3cccc(-n4c5ccc(-c6cccc7c6c6ccccc6n7-c6ccccc6)cc5c5ncccc54)c3)n2)cc1. The maximum Gasteiger partial charge on any atom is 0.160 e. The van der Waals surface area contributed by atoms with Crippen LogP contribution in [0.2, 0.25) is 0 Å². The lowest BCUT2D eigenvalue weighted by Crippen LogP contribution is -1.98. The molecule has 0 fully saturated rings. The van der Waals surface area contributed by atoms with Crippen molar-refractivity contribution >= 4 is 87.5 Å². The molecule has 0 unspecified atom stereocenters. The molecule has 0 amide bonds. The van der Waals surface area contributed by atoms with Gasteiger partial charge in [-0.3, -0.25) is 9.97 Å². The van der Waals surface area contributed by atoms with Crippen molar-refractivity contribution in [3.63, 3.8) is 0 Å². The second kappa shape index (κ2) is 27.5. The van der Waals surface area contributed by atoms with Gasteiger partial charge in [-0.1, -0.05) is 255 Å². The normalized spacial score (nSPS) is 11.6. The zero-order valence-corrected chi connectivity index (χ0v) is 60.7. The van der Waals surface area contributed by atoms with Gasteiger partial charge in [-0.2, -0.15) is 0 Å². The van der Waals surface area contributed by atoms with Gasteiger partial charge < -0.3 is 18.3 Å². The number of hydrogen-bond acceptors (Lipinski definition) is 5. The largest absolute Gasteiger partial charge is 0.309 e. The average Bonchev–Trinajstić information content (AvgIpc) is 1.59. The lowest BCUT2D eigenvalue weighted by atomic mass is 9.98. The van der Waals surface area contributed by atoms with E-state index < -0.39 is 0 Å². The van der Waals surface area contributed by atoms with Crippen LogP contribution in [0.3, 0.4) is 0 Å². The van der Waals surface area contributed by atoms with Crippen molar-refractivity contribution in [1.82, 2.24) is 43.2 Å². The van der Waals surface area contributed by atoms with E-state index in [1.54, 1.807) is 0 Å². The van der Waals surface area contributed by atoms with Crippen molar-refractivity contribution < 1.29 is 0 Å². The highest BCUT2D eigenvalue weighted by Crippen LogP contribution is 2.45. The molecule has 0 aliphatic carbocycles. The highest BCUT2D eigenvalue weighted by Gasteiger charge is 2.23. The molecule has 0 spiro atoms. The fourth-order valence-corrected chi connectivity index (χ4v) is 16.7. The Hall–Kier alpha value is -15.2. The van der Waals surface area contributed by atoms with Crippen molar-refractivity contribution in [2.24, 2.45) is 0 Å². The van der Waals surface area contributed by atoms with E-state index in [4.69, 9.17) is 24.9 Å². The summed E-state index contributed by atoms with van der Waals surface area (Å²) in [6.45, 7) is 0. The first-order valence-electron chi connectivity index (χ1n) is 37.9. The van der Waals surface area contributed by atoms with Crippen LogP contribution in [0, 0.1) is 0 Å². The van der Waals surface area contributed by atoms with Gasteiger partial charge in [0.05, 0.1) is 77.9 Å². The second-order valence-electron chi connectivity index (χ2n) is 28.3. The first-order valence-corrected chi connectivity index (χ1v) is 37.9. The van der Waals surface area contributed by atoms with Gasteiger partial charge >= 0.3 is 0 Å². The quantitative estimate of drug-likeness (QED) is 0.122. The van der Waals surface area contributed by atoms with Crippen LogP contribution in [0.4, 0.5) is 0 Å². The third-order valence-corrected chi connectivity index (χ3v) is 21.7. The lowest BCUT2D eigenvalue weighted by Gasteiger charge is -2.13. The third kappa shape index (κ3) is 11.4. The van der Waals surface area contributed by atoms with Crippen LogP contribution in [0.1, 0.15) is 0 Å². The number of hydrogen-bond donors (Lipinski definition) is 0. The first kappa shape index (κ1) is 65.1. The molecule has 524 valence electrons. The molecule has 14 aromatic carbocycles. The molecule has 22 aromatic rings. The average molecular weight is 1430 g/mol. The predicted molar refractivity (Wildman–Crippen MR) is 463 cm³/mol. The molecule has 8 heterocycles. The lowest BCUT2D eigenvalue weighted by molar-refractivity contribution is 1.15. The molecule has 0 N–H and O–H groups in total. The molecule has 0 radical (unpaired) electrons. The summed E-state index contributed by atoms with van der Waals surface area (Å²) >= 11 is 0. The van der Waals surface area contributed by atoms with Gasteiger partial charge in [0.2, 0.25) is 0 Å². The Balaban J connectivity index is 0.000000141. The smallest absolute Gasteiger partial charge is 0.160 e. The van der Waals surface area contributed by atoms with Crippen LogP contribution < -0.4 is 0 Å². The molecule has 22 rings (SSSR count). The molecular weight excluding hydrogens is 1360 g/mol. The number of pyridine rings is 3. The fourth-order valence-electron chi connectivity index (χ4n) is 16.7. The predicted octanol–water partition coefficient (Wildman–Crippen LogP) is 26.1. The molecule has 0 aliphatic rings. The van der Waals surface area contributed by atoms with E-state index in [9.17, 15) is 0 Å². The Morgan fingerprint density at radius 3 is 0.955 bits per heavy atom. The second-order valence-corrected chi connectivity index (χ2v) is 28.3. The monoisotopic (exact) mass is 1430 g/mol. The Kier molecular flexibility index (Phi) is 16.0. The minimum absolute atomic E-state index is 0.677. The Labute approximate surface area is 645 Å². The van der Waals surface area contributed by atoms with Crippen molar-refractivity contribution in [3.8, 4) is 113 Å². The highest BCUT2D eigenvalue weighted by atomic mass is 15.0. The zero-order chi connectivity index (χ0) is 74.0. The van der Waals surface area contributed by atoms with Crippen LogP contribution in [0.25, 0.3) is 200 Å². The van der Waals surface area contributed by atoms with Crippen LogP contribution in [0.5, 0.6) is 0 Å². The van der Waals surface area contributed by atoms with Crippen LogP contribution in [-0.4, -0.2) is 43.2 Å². The van der Waals surface area contributed by atoms with Crippen LogP contribution in [-0.2, 0) is 0 Å². The Morgan fingerprint density at radius 1 is 0.179 bits per heavy atom. The number of fused-ring (bicyclic) bond motifs is 12. The van der Waals surface area contributed by atoms with Crippen molar-refractivity contribution in [3.05, 3.63) is 407 Å². The molecule has 112 heavy (non-hydrogen) atoms. The summed E-state index contributed by atoms with van der Waals surface area (Å²) in [5, 5.41) is 7.17. The standard InChI is InChI=1S/C52H34N4.C51H33N5/c1-4-15-35(16-5-1)45-33-39(34-46(54-45)36-17-6-2-7-18-36)37-19-12-22-41(31-37)56-48-29-28-38(32-44(48)52-50(56)27-14-30-53-52)42-24-13-26-49-51(42)43-23-10-11-25-47(43)55(49)40-20-8-3-9-21-40;1-4-15-34(16-5-1)43-33-44(35-17-6-2-7-18-35)54-51(53-43)37-19-12-22-39(31-37)56-46-29-28-36(32-42(46)50-48(56)27-14-30-52-50)40-24-13-26-47-49(40)41-23-10-11-25-45(41)55(47)38-20-8-3-9-21-38/h1-34H;1-33H. The fraction of sp³-hybridized carbons (Fsp3) is 0. The van der Waals surface area contributed by atoms with Crippen LogP contribution >= 0.6 is 0 Å².